The van der Waals surface area contributed by atoms with Gasteiger partial charge in [-0.3, -0.25) is 14.8 Å². The van der Waals surface area contributed by atoms with Crippen LogP contribution in [0.4, 0.5) is 5.82 Å². The lowest BCUT2D eigenvalue weighted by Crippen LogP contribution is -2.47. The molecule has 0 unspecified atom stereocenters. The van der Waals surface area contributed by atoms with Crippen LogP contribution in [0.2, 0.25) is 0 Å². The van der Waals surface area contributed by atoms with Gasteiger partial charge in [-0.15, -0.1) is 0 Å². The van der Waals surface area contributed by atoms with Crippen molar-refractivity contribution in [1.29, 1.82) is 0 Å². The normalized spacial score (nSPS) is 22.8. The number of nitrogens with zero attached hydrogens (tertiary/aromatic N) is 3. The summed E-state index contributed by atoms with van der Waals surface area (Å²) in [6, 6.07) is 7.83. The maximum atomic E-state index is 12.0. The average Bonchev–Trinajstić information content (AvgIpc) is 3.13. The molecule has 1 saturated carbocycles. The maximum Gasteiger partial charge on any atom is 0.255 e. The van der Waals surface area contributed by atoms with Crippen LogP contribution in [-0.4, -0.2) is 27.6 Å². The minimum atomic E-state index is -0.0599. The summed E-state index contributed by atoms with van der Waals surface area (Å²) < 4.78 is 1.61. The Morgan fingerprint density at radius 3 is 2.82 bits per heavy atom. The van der Waals surface area contributed by atoms with E-state index in [0.29, 0.717) is 6.04 Å². The molecule has 1 aliphatic heterocycles. The molecule has 1 fully saturated rings. The van der Waals surface area contributed by atoms with Gasteiger partial charge in [0, 0.05) is 30.2 Å². The first-order valence-corrected chi connectivity index (χ1v) is 9.52. The van der Waals surface area contributed by atoms with Gasteiger partial charge in [0.15, 0.2) is 0 Å². The summed E-state index contributed by atoms with van der Waals surface area (Å²) >= 11 is 0. The lowest BCUT2D eigenvalue weighted by Gasteiger charge is -2.19. The second-order valence-corrected chi connectivity index (χ2v) is 7.32. The molecule has 3 heterocycles. The number of hydrazine groups is 1. The Morgan fingerprint density at radius 2 is 2.07 bits per heavy atom. The van der Waals surface area contributed by atoms with Gasteiger partial charge in [0.2, 0.25) is 5.96 Å². The van der Waals surface area contributed by atoms with Gasteiger partial charge >= 0.3 is 0 Å². The quantitative estimate of drug-likeness (QED) is 0.647. The van der Waals surface area contributed by atoms with Crippen LogP contribution < -0.4 is 27.0 Å². The zero-order valence-electron chi connectivity index (χ0n) is 16.1. The molecule has 4 rings (SSSR count). The van der Waals surface area contributed by atoms with E-state index in [-0.39, 0.29) is 11.6 Å². The zero-order chi connectivity index (χ0) is 19.5. The Kier molecular flexibility index (Phi) is 5.01. The molecule has 0 amide bonds. The maximum absolute atomic E-state index is 12.0. The molecule has 0 aromatic carbocycles. The molecule has 0 spiro atoms. The molecule has 0 bridgehead atoms. The molecule has 0 saturated heterocycles. The molecule has 28 heavy (non-hydrogen) atoms. The summed E-state index contributed by atoms with van der Waals surface area (Å²) in [6.45, 7) is 3.94. The van der Waals surface area contributed by atoms with Crippen molar-refractivity contribution in [3.8, 4) is 5.69 Å². The SMILES string of the molecule is CC1=CNC(=N[C@H]2CC[C@H](Nc3ccc(-n4cc(C)ccc4=O)cn3)C2)NN1. The molecular weight excluding hydrogens is 354 g/mol. The molecule has 8 nitrogen and oxygen atoms in total. The minimum absolute atomic E-state index is 0.0599. The predicted molar refractivity (Wildman–Crippen MR) is 110 cm³/mol. The topological polar surface area (TPSA) is 95.4 Å². The number of guanidine groups is 1. The van der Waals surface area contributed by atoms with Crippen molar-refractivity contribution in [2.24, 2.45) is 4.99 Å². The van der Waals surface area contributed by atoms with Crippen molar-refractivity contribution in [2.75, 3.05) is 5.32 Å². The highest BCUT2D eigenvalue weighted by Gasteiger charge is 2.25. The number of aliphatic imine (C=N–C) groups is 1. The highest BCUT2D eigenvalue weighted by Crippen LogP contribution is 2.25. The van der Waals surface area contributed by atoms with Gasteiger partial charge in [-0.05, 0) is 50.8 Å². The Labute approximate surface area is 163 Å². The number of hydrogen-bond acceptors (Lipinski definition) is 5. The summed E-state index contributed by atoms with van der Waals surface area (Å²) in [4.78, 5) is 21.3. The Bertz CT molecular complexity index is 961. The number of hydrogen-bond donors (Lipinski definition) is 4. The van der Waals surface area contributed by atoms with Crippen LogP contribution in [0, 0.1) is 6.92 Å². The molecule has 146 valence electrons. The number of nitrogens with one attached hydrogen (secondary N) is 4. The first-order chi connectivity index (χ1) is 13.6. The third kappa shape index (κ3) is 4.16. The van der Waals surface area contributed by atoms with Crippen molar-refractivity contribution < 1.29 is 0 Å². The summed E-state index contributed by atoms with van der Waals surface area (Å²) in [7, 11) is 0. The highest BCUT2D eigenvalue weighted by molar-refractivity contribution is 5.81. The van der Waals surface area contributed by atoms with Crippen LogP contribution in [0.1, 0.15) is 31.7 Å². The molecule has 2 aromatic rings. The van der Waals surface area contributed by atoms with E-state index in [1.54, 1.807) is 16.8 Å². The monoisotopic (exact) mass is 379 g/mol. The van der Waals surface area contributed by atoms with Crippen molar-refractivity contribution in [2.45, 2.75) is 45.2 Å². The van der Waals surface area contributed by atoms with E-state index in [4.69, 9.17) is 4.99 Å². The van der Waals surface area contributed by atoms with Crippen LogP contribution in [0.3, 0.4) is 0 Å². The van der Waals surface area contributed by atoms with Gasteiger partial charge in [0.05, 0.1) is 17.9 Å². The van der Waals surface area contributed by atoms with E-state index in [1.807, 2.05) is 44.4 Å². The minimum Gasteiger partial charge on any atom is -0.367 e. The van der Waals surface area contributed by atoms with Crippen LogP contribution in [0.5, 0.6) is 0 Å². The summed E-state index contributed by atoms with van der Waals surface area (Å²) in [5.41, 5.74) is 8.86. The molecule has 2 aliphatic rings. The molecule has 0 radical (unpaired) electrons. The lowest BCUT2D eigenvalue weighted by molar-refractivity contribution is 0.653. The molecule has 4 N–H and O–H groups in total. The summed E-state index contributed by atoms with van der Waals surface area (Å²) in [5, 5.41) is 6.63. The fourth-order valence-electron chi connectivity index (χ4n) is 3.48. The van der Waals surface area contributed by atoms with Crippen molar-refractivity contribution in [3.63, 3.8) is 0 Å². The van der Waals surface area contributed by atoms with E-state index in [0.717, 1.165) is 48.0 Å². The zero-order valence-corrected chi connectivity index (χ0v) is 16.1. The molecule has 1 aliphatic carbocycles. The summed E-state index contributed by atoms with van der Waals surface area (Å²) in [6.07, 6.45) is 8.48. The number of rotatable bonds is 4. The number of allylic oxidation sites excluding steroid dienone is 1. The lowest BCUT2D eigenvalue weighted by atomic mass is 10.2. The van der Waals surface area contributed by atoms with E-state index in [9.17, 15) is 4.79 Å². The van der Waals surface area contributed by atoms with E-state index in [1.165, 1.54) is 0 Å². The standard InChI is InChI=1S/C20H25N7O/c1-13-3-8-19(28)27(12-13)17-6-7-18(21-11-17)23-15-4-5-16(9-15)24-20-22-10-14(2)25-26-20/h3,6-8,10-12,15-16,25H,4-5,9H2,1-2H3,(H,21,23)(H2,22,24,26)/t15-,16-/m0/s1. The van der Waals surface area contributed by atoms with Gasteiger partial charge < -0.3 is 16.1 Å². The van der Waals surface area contributed by atoms with Crippen LogP contribution in [0.25, 0.3) is 5.69 Å². The predicted octanol–water partition coefficient (Wildman–Crippen LogP) is 1.79. The van der Waals surface area contributed by atoms with E-state index < -0.39 is 0 Å². The van der Waals surface area contributed by atoms with Crippen LogP contribution in [0.15, 0.2) is 58.3 Å². The van der Waals surface area contributed by atoms with E-state index >= 15 is 0 Å². The second-order valence-electron chi connectivity index (χ2n) is 7.32. The van der Waals surface area contributed by atoms with Crippen LogP contribution >= 0.6 is 0 Å². The molecule has 8 heteroatoms. The number of pyridine rings is 2. The average molecular weight is 379 g/mol. The third-order valence-electron chi connectivity index (χ3n) is 4.96. The fraction of sp³-hybridized carbons (Fsp3) is 0.350. The Balaban J connectivity index is 1.37. The highest BCUT2D eigenvalue weighted by atomic mass is 16.1. The van der Waals surface area contributed by atoms with Crippen molar-refractivity contribution in [3.05, 3.63) is 64.5 Å². The fourth-order valence-corrected chi connectivity index (χ4v) is 3.48. The third-order valence-corrected chi connectivity index (χ3v) is 4.96. The summed E-state index contributed by atoms with van der Waals surface area (Å²) in [5.74, 6) is 1.57. The number of anilines is 1. The van der Waals surface area contributed by atoms with Crippen molar-refractivity contribution in [1.82, 2.24) is 25.7 Å². The van der Waals surface area contributed by atoms with Crippen LogP contribution in [-0.2, 0) is 0 Å². The smallest absolute Gasteiger partial charge is 0.255 e. The van der Waals surface area contributed by atoms with Crippen molar-refractivity contribution >= 4 is 11.8 Å². The second kappa shape index (κ2) is 7.75. The Hall–Kier alpha value is -3.29. The van der Waals surface area contributed by atoms with Gasteiger partial charge in [-0.25, -0.2) is 9.98 Å². The number of aromatic nitrogens is 2. The van der Waals surface area contributed by atoms with E-state index in [2.05, 4.69) is 26.5 Å². The van der Waals surface area contributed by atoms with Gasteiger partial charge in [-0.1, -0.05) is 6.07 Å². The number of aryl methyl sites for hydroxylation is 1. The van der Waals surface area contributed by atoms with Gasteiger partial charge in [0.25, 0.3) is 5.56 Å². The molecule has 2 atom stereocenters. The van der Waals surface area contributed by atoms with Gasteiger partial charge in [0.1, 0.15) is 5.82 Å². The Morgan fingerprint density at radius 1 is 1.18 bits per heavy atom. The first-order valence-electron chi connectivity index (χ1n) is 9.52. The first kappa shape index (κ1) is 18.1. The molecule has 2 aromatic heterocycles. The molecular formula is C20H25N7O. The van der Waals surface area contributed by atoms with Gasteiger partial charge in [-0.2, -0.15) is 0 Å². The largest absolute Gasteiger partial charge is 0.367 e.